The van der Waals surface area contributed by atoms with E-state index in [0.29, 0.717) is 5.78 Å². The molecule has 0 amide bonds. The van der Waals surface area contributed by atoms with Crippen LogP contribution in [-0.2, 0) is 4.79 Å². The van der Waals surface area contributed by atoms with Gasteiger partial charge in [-0.15, -0.1) is 23.5 Å². The zero-order valence-electron chi connectivity index (χ0n) is 21.8. The number of hydrogen-bond acceptors (Lipinski definition) is 3. The fraction of sp³-hybridized carbons (Fsp3) is 0.171. The number of ketones is 1. The van der Waals surface area contributed by atoms with Gasteiger partial charge >= 0.3 is 0 Å². The van der Waals surface area contributed by atoms with E-state index in [1.807, 2.05) is 84.9 Å². The van der Waals surface area contributed by atoms with Crippen LogP contribution in [0.25, 0.3) is 12.2 Å². The summed E-state index contributed by atoms with van der Waals surface area (Å²) in [6.45, 7) is 0. The highest BCUT2D eigenvalue weighted by atomic mass is 35.5. The molecule has 0 radical (unpaired) electrons. The number of rotatable bonds is 10. The van der Waals surface area contributed by atoms with E-state index in [1.165, 1.54) is 0 Å². The van der Waals surface area contributed by atoms with Crippen molar-refractivity contribution >= 4 is 64.7 Å². The van der Waals surface area contributed by atoms with Crippen molar-refractivity contribution in [3.05, 3.63) is 143 Å². The van der Waals surface area contributed by atoms with E-state index in [4.69, 9.17) is 23.2 Å². The maximum absolute atomic E-state index is 14.8. The number of benzene rings is 4. The minimum absolute atomic E-state index is 0.163. The molecule has 2 saturated carbocycles. The molecule has 0 heterocycles. The van der Waals surface area contributed by atoms with Crippen LogP contribution in [0.2, 0.25) is 10.0 Å². The van der Waals surface area contributed by atoms with Crippen molar-refractivity contribution in [3.8, 4) is 0 Å². The second kappa shape index (κ2) is 11.7. The molecule has 2 aliphatic carbocycles. The van der Waals surface area contributed by atoms with Crippen molar-refractivity contribution in [2.45, 2.75) is 32.1 Å². The Hall–Kier alpha value is -2.69. The van der Waals surface area contributed by atoms with Crippen LogP contribution in [-0.4, -0.2) is 15.3 Å². The van der Waals surface area contributed by atoms with Crippen LogP contribution in [0.4, 0.5) is 0 Å². The lowest BCUT2D eigenvalue weighted by molar-refractivity contribution is -0.119. The van der Waals surface area contributed by atoms with Gasteiger partial charge in [0.1, 0.15) is 0 Å². The number of thioether (sulfide) groups is 2. The summed E-state index contributed by atoms with van der Waals surface area (Å²) in [7, 11) is 0. The third-order valence-corrected chi connectivity index (χ3v) is 11.1. The zero-order valence-corrected chi connectivity index (χ0v) is 24.9. The second-order valence-electron chi connectivity index (χ2n) is 10.4. The van der Waals surface area contributed by atoms with Gasteiger partial charge in [-0.1, -0.05) is 108 Å². The fourth-order valence-corrected chi connectivity index (χ4v) is 8.47. The van der Waals surface area contributed by atoms with E-state index in [-0.39, 0.29) is 11.8 Å². The zero-order chi connectivity index (χ0) is 27.6. The molecule has 0 N–H and O–H groups in total. The van der Waals surface area contributed by atoms with Gasteiger partial charge in [-0.25, -0.2) is 0 Å². The average Bonchev–Trinajstić information content (AvgIpc) is 3.88. The molecule has 0 aliphatic heterocycles. The Kier molecular flexibility index (Phi) is 8.01. The van der Waals surface area contributed by atoms with Crippen LogP contribution < -0.4 is 0 Å². The molecule has 2 fully saturated rings. The van der Waals surface area contributed by atoms with Gasteiger partial charge in [0.05, 0.1) is 9.49 Å². The highest BCUT2D eigenvalue weighted by Crippen LogP contribution is 2.68. The van der Waals surface area contributed by atoms with Gasteiger partial charge in [0, 0.05) is 31.7 Å². The van der Waals surface area contributed by atoms with Gasteiger partial charge in [-0.2, -0.15) is 0 Å². The van der Waals surface area contributed by atoms with Crippen molar-refractivity contribution < 1.29 is 4.79 Å². The van der Waals surface area contributed by atoms with Crippen molar-refractivity contribution in [2.24, 2.45) is 11.8 Å². The molecule has 5 heteroatoms. The number of Topliss-reactive ketones (excluding diaryl/α,β-unsaturated/α-hetero) is 1. The Morgan fingerprint density at radius 3 is 1.35 bits per heavy atom. The summed E-state index contributed by atoms with van der Waals surface area (Å²) >= 11 is 15.6. The Morgan fingerprint density at radius 1 is 0.600 bits per heavy atom. The largest absolute Gasteiger partial charge is 0.296 e. The Bertz CT molecular complexity index is 1420. The Morgan fingerprint density at radius 2 is 0.975 bits per heavy atom. The van der Waals surface area contributed by atoms with Crippen LogP contribution in [0.3, 0.4) is 0 Å². The van der Waals surface area contributed by atoms with E-state index in [1.54, 1.807) is 23.5 Å². The first-order chi connectivity index (χ1) is 19.5. The monoisotopic (exact) mass is 598 g/mol. The van der Waals surface area contributed by atoms with Crippen LogP contribution in [0.1, 0.15) is 24.0 Å². The first kappa shape index (κ1) is 27.5. The summed E-state index contributed by atoms with van der Waals surface area (Å²) in [5.74, 6) is 0.672. The maximum atomic E-state index is 14.8. The first-order valence-electron chi connectivity index (χ1n) is 13.4. The molecule has 2 aliphatic rings. The van der Waals surface area contributed by atoms with Crippen molar-refractivity contribution in [3.63, 3.8) is 0 Å². The lowest BCUT2D eigenvalue weighted by atomic mass is 10.1. The molecular formula is C35H28Cl2OS2. The molecule has 0 saturated heterocycles. The summed E-state index contributed by atoms with van der Waals surface area (Å²) in [5, 5.41) is 1.44. The van der Waals surface area contributed by atoms with E-state index in [2.05, 4.69) is 48.6 Å². The molecule has 6 rings (SSSR count). The third kappa shape index (κ3) is 5.99. The van der Waals surface area contributed by atoms with E-state index in [9.17, 15) is 4.79 Å². The molecule has 4 aromatic rings. The minimum Gasteiger partial charge on any atom is -0.296 e. The third-order valence-electron chi connectivity index (χ3n) is 7.56. The predicted molar refractivity (Wildman–Crippen MR) is 172 cm³/mol. The Labute approximate surface area is 254 Å². The summed E-state index contributed by atoms with van der Waals surface area (Å²) < 4.78 is -0.982. The molecule has 200 valence electrons. The number of halogens is 2. The highest BCUT2D eigenvalue weighted by molar-refractivity contribution is 8.03. The van der Waals surface area contributed by atoms with E-state index >= 15 is 0 Å². The minimum atomic E-state index is -0.491. The number of carbonyl (C=O) groups excluding carboxylic acids is 1. The van der Waals surface area contributed by atoms with Gasteiger partial charge in [-0.05, 0) is 72.5 Å². The van der Waals surface area contributed by atoms with E-state index in [0.717, 1.165) is 43.8 Å². The first-order valence-corrected chi connectivity index (χ1v) is 15.8. The van der Waals surface area contributed by atoms with Crippen LogP contribution in [0.5, 0.6) is 0 Å². The summed E-state index contributed by atoms with van der Waals surface area (Å²) in [5.41, 5.74) is 2.18. The van der Waals surface area contributed by atoms with Crippen molar-refractivity contribution in [2.75, 3.05) is 0 Å². The van der Waals surface area contributed by atoms with Crippen LogP contribution in [0, 0.1) is 11.8 Å². The molecule has 40 heavy (non-hydrogen) atoms. The molecular weight excluding hydrogens is 571 g/mol. The number of allylic oxidation sites excluding steroid dienone is 2. The quantitative estimate of drug-likeness (QED) is 0.181. The van der Waals surface area contributed by atoms with Gasteiger partial charge in [0.2, 0.25) is 0 Å². The highest BCUT2D eigenvalue weighted by Gasteiger charge is 2.71. The fourth-order valence-electron chi connectivity index (χ4n) is 5.19. The normalized spacial score (nSPS) is 25.4. The SMILES string of the molecule is O=C(C1(Sc2ccccc2)CC1C=Cc1ccc(Cl)cc1)C1(Sc2ccccc2)CC1C=Cc1ccc(Cl)cc1. The molecule has 4 aromatic carbocycles. The summed E-state index contributed by atoms with van der Waals surface area (Å²) in [6, 6.07) is 36.3. The van der Waals surface area contributed by atoms with Crippen LogP contribution in [0.15, 0.2) is 131 Å². The molecule has 1 nitrogen and oxygen atoms in total. The topological polar surface area (TPSA) is 17.1 Å². The smallest absolute Gasteiger partial charge is 0.166 e. The van der Waals surface area contributed by atoms with Crippen LogP contribution >= 0.6 is 46.7 Å². The lowest BCUT2D eigenvalue weighted by Crippen LogP contribution is -2.34. The number of carbonyl (C=O) groups is 1. The number of hydrogen-bond donors (Lipinski definition) is 0. The molecule has 0 bridgehead atoms. The second-order valence-corrected chi connectivity index (χ2v) is 14.1. The predicted octanol–water partition coefficient (Wildman–Crippen LogP) is 10.4. The molecule has 0 aromatic heterocycles. The standard InChI is InChI=1S/C35H28Cl2OS2/c36-29-19-13-25(14-20-29)11-17-27-23-34(27,39-31-7-3-1-4-8-31)33(38)35(40-32-9-5-2-6-10-32)24-28(35)18-12-26-15-21-30(37)22-16-26/h1-22,27-28H,23-24H2. The van der Waals surface area contributed by atoms with Crippen molar-refractivity contribution in [1.29, 1.82) is 0 Å². The van der Waals surface area contributed by atoms with Gasteiger partial charge < -0.3 is 0 Å². The average molecular weight is 600 g/mol. The molecule has 4 atom stereocenters. The van der Waals surface area contributed by atoms with Gasteiger partial charge in [0.15, 0.2) is 5.78 Å². The Balaban J connectivity index is 1.31. The maximum Gasteiger partial charge on any atom is 0.166 e. The molecule has 0 spiro atoms. The summed E-state index contributed by atoms with van der Waals surface area (Å²) in [4.78, 5) is 17.1. The van der Waals surface area contributed by atoms with Crippen molar-refractivity contribution in [1.82, 2.24) is 0 Å². The summed E-state index contributed by atoms with van der Waals surface area (Å²) in [6.07, 6.45) is 10.4. The van der Waals surface area contributed by atoms with Gasteiger partial charge in [0.25, 0.3) is 0 Å². The van der Waals surface area contributed by atoms with E-state index < -0.39 is 9.49 Å². The lowest BCUT2D eigenvalue weighted by Gasteiger charge is -2.23. The molecule has 4 unspecified atom stereocenters. The van der Waals surface area contributed by atoms with Gasteiger partial charge in [-0.3, -0.25) is 4.79 Å².